The number of nitrogens with zero attached hydrogens (tertiary/aromatic N) is 1. The number of esters is 2. The first-order chi connectivity index (χ1) is 25.0. The lowest BCUT2D eigenvalue weighted by atomic mass is 9.95. The molecular formula is C45H89NO5. The maximum Gasteiger partial charge on any atom is 0.308 e. The number of ether oxygens (including phenoxy) is 2. The Kier molecular flexibility index (Phi) is 39.2. The Hall–Kier alpha value is -1.14. The molecule has 0 spiro atoms. The van der Waals surface area contributed by atoms with Gasteiger partial charge < -0.3 is 19.5 Å². The molecule has 1 N–H and O–H groups in total. The number of rotatable bonds is 41. The molecule has 0 aromatic heterocycles. The van der Waals surface area contributed by atoms with Gasteiger partial charge in [-0.2, -0.15) is 0 Å². The second kappa shape index (κ2) is 40.1. The van der Waals surface area contributed by atoms with Crippen molar-refractivity contribution in [1.29, 1.82) is 0 Å². The maximum atomic E-state index is 12.6. The van der Waals surface area contributed by atoms with Crippen LogP contribution in [0.25, 0.3) is 0 Å². The number of hydrogen-bond acceptors (Lipinski definition) is 6. The topological polar surface area (TPSA) is 76.1 Å². The first-order valence-corrected chi connectivity index (χ1v) is 22.7. The third kappa shape index (κ3) is 33.2. The highest BCUT2D eigenvalue weighted by atomic mass is 16.5. The van der Waals surface area contributed by atoms with E-state index in [4.69, 9.17) is 9.47 Å². The second-order valence-electron chi connectivity index (χ2n) is 15.6. The summed E-state index contributed by atoms with van der Waals surface area (Å²) in [5.74, 6) is 0.321. The van der Waals surface area contributed by atoms with Gasteiger partial charge in [-0.15, -0.1) is 0 Å². The molecule has 0 saturated carbocycles. The molecule has 0 amide bonds. The van der Waals surface area contributed by atoms with Gasteiger partial charge in [0.2, 0.25) is 0 Å². The zero-order valence-corrected chi connectivity index (χ0v) is 34.8. The van der Waals surface area contributed by atoms with Gasteiger partial charge >= 0.3 is 11.9 Å². The molecule has 0 saturated heterocycles. The zero-order valence-electron chi connectivity index (χ0n) is 34.8. The van der Waals surface area contributed by atoms with Crippen molar-refractivity contribution >= 4 is 11.9 Å². The normalized spacial score (nSPS) is 12.7. The Balaban J connectivity index is 3.91. The number of hydrogen-bond donors (Lipinski definition) is 1. The van der Waals surface area contributed by atoms with Gasteiger partial charge in [0.15, 0.2) is 0 Å². The van der Waals surface area contributed by atoms with Crippen LogP contribution in [-0.4, -0.2) is 61.4 Å². The monoisotopic (exact) mass is 724 g/mol. The molecule has 0 aromatic carbocycles. The van der Waals surface area contributed by atoms with Crippen molar-refractivity contribution in [3.8, 4) is 0 Å². The van der Waals surface area contributed by atoms with Crippen LogP contribution in [0.4, 0.5) is 0 Å². The number of carbonyl (C=O) groups is 2. The van der Waals surface area contributed by atoms with Crippen LogP contribution in [0.5, 0.6) is 0 Å². The van der Waals surface area contributed by atoms with Crippen LogP contribution < -0.4 is 0 Å². The van der Waals surface area contributed by atoms with E-state index in [2.05, 4.69) is 32.6 Å². The smallest absolute Gasteiger partial charge is 0.308 e. The van der Waals surface area contributed by atoms with Crippen LogP contribution in [0.2, 0.25) is 0 Å². The van der Waals surface area contributed by atoms with E-state index in [1.54, 1.807) is 0 Å². The van der Waals surface area contributed by atoms with Crippen molar-refractivity contribution in [1.82, 2.24) is 4.90 Å². The minimum Gasteiger partial charge on any atom is -0.465 e. The molecule has 6 heteroatoms. The quantitative estimate of drug-likeness (QED) is 0.0500. The highest BCUT2D eigenvalue weighted by Gasteiger charge is 2.20. The minimum absolute atomic E-state index is 0.0520. The van der Waals surface area contributed by atoms with Crippen LogP contribution in [0.1, 0.15) is 227 Å². The number of aliphatic hydroxyl groups excluding tert-OH is 1. The van der Waals surface area contributed by atoms with E-state index in [9.17, 15) is 14.7 Å². The molecule has 0 aliphatic heterocycles. The summed E-state index contributed by atoms with van der Waals surface area (Å²) in [4.78, 5) is 27.8. The number of unbranched alkanes of at least 4 members (excludes halogenated alkanes) is 20. The standard InChI is InChI=1S/C45H89NO5/c1-5-9-13-25-34-42(32-11-7-3)44(48)50-40-29-23-19-15-17-21-27-36-46(38-31-39-47)37-28-22-18-16-20-24-30-41-51-45(49)43(33-12-8-4)35-26-14-10-6-2/h42-43,47H,5-41H2,1-4H3. The lowest BCUT2D eigenvalue weighted by molar-refractivity contribution is -0.150. The van der Waals surface area contributed by atoms with Crippen molar-refractivity contribution in [2.75, 3.05) is 39.5 Å². The highest BCUT2D eigenvalue weighted by molar-refractivity contribution is 5.72. The van der Waals surface area contributed by atoms with Crippen LogP contribution >= 0.6 is 0 Å². The van der Waals surface area contributed by atoms with Crippen molar-refractivity contribution in [3.05, 3.63) is 0 Å². The molecule has 2 unspecified atom stereocenters. The van der Waals surface area contributed by atoms with Crippen LogP contribution in [0.15, 0.2) is 0 Å². The summed E-state index contributed by atoms with van der Waals surface area (Å²) in [6.45, 7) is 13.6. The SMILES string of the molecule is CCCCCCC(CCCC)C(=O)OCCCCCCCCCN(CCCO)CCCCCCCCCOC(=O)C(CCCC)CCCCCC. The molecule has 0 fully saturated rings. The summed E-state index contributed by atoms with van der Waals surface area (Å²) in [5, 5.41) is 9.38. The van der Waals surface area contributed by atoms with Crippen molar-refractivity contribution in [3.63, 3.8) is 0 Å². The Labute approximate surface area is 318 Å². The minimum atomic E-state index is 0.0520. The lowest BCUT2D eigenvalue weighted by Crippen LogP contribution is -2.27. The first kappa shape index (κ1) is 49.9. The fourth-order valence-electron chi connectivity index (χ4n) is 7.15. The van der Waals surface area contributed by atoms with E-state index in [-0.39, 0.29) is 30.4 Å². The second-order valence-corrected chi connectivity index (χ2v) is 15.6. The molecule has 304 valence electrons. The molecule has 2 atom stereocenters. The Morgan fingerprint density at radius 2 is 0.725 bits per heavy atom. The van der Waals surface area contributed by atoms with Crippen molar-refractivity contribution in [2.45, 2.75) is 227 Å². The summed E-state index contributed by atoms with van der Waals surface area (Å²) in [6.07, 6.45) is 36.0. The van der Waals surface area contributed by atoms with E-state index in [1.807, 2.05) is 0 Å². The molecule has 0 aliphatic carbocycles. The average molecular weight is 724 g/mol. The molecule has 0 heterocycles. The molecule has 0 bridgehead atoms. The van der Waals surface area contributed by atoms with Gasteiger partial charge in [-0.1, -0.05) is 169 Å². The van der Waals surface area contributed by atoms with Gasteiger partial charge in [-0.05, 0) is 70.9 Å². The van der Waals surface area contributed by atoms with Crippen molar-refractivity contribution in [2.24, 2.45) is 11.8 Å². The zero-order chi connectivity index (χ0) is 37.5. The molecule has 0 rings (SSSR count). The summed E-state index contributed by atoms with van der Waals surface area (Å²) in [5.41, 5.74) is 0. The predicted octanol–water partition coefficient (Wildman–Crippen LogP) is 12.8. The van der Waals surface area contributed by atoms with E-state index in [0.717, 1.165) is 116 Å². The first-order valence-electron chi connectivity index (χ1n) is 22.7. The Morgan fingerprint density at radius 1 is 0.412 bits per heavy atom. The lowest BCUT2D eigenvalue weighted by Gasteiger charge is -2.22. The molecule has 0 radical (unpaired) electrons. The largest absolute Gasteiger partial charge is 0.465 e. The van der Waals surface area contributed by atoms with E-state index >= 15 is 0 Å². The van der Waals surface area contributed by atoms with E-state index in [1.165, 1.54) is 103 Å². The molecule has 0 aromatic rings. The van der Waals surface area contributed by atoms with Gasteiger partial charge in [-0.25, -0.2) is 0 Å². The van der Waals surface area contributed by atoms with Crippen molar-refractivity contribution < 1.29 is 24.2 Å². The molecule has 6 nitrogen and oxygen atoms in total. The average Bonchev–Trinajstić information content (AvgIpc) is 3.14. The number of aliphatic hydroxyl groups is 1. The third-order valence-corrected chi connectivity index (χ3v) is 10.6. The van der Waals surface area contributed by atoms with Crippen LogP contribution in [-0.2, 0) is 19.1 Å². The van der Waals surface area contributed by atoms with E-state index < -0.39 is 0 Å². The molecular weight excluding hydrogens is 634 g/mol. The Bertz CT molecular complexity index is 675. The van der Waals surface area contributed by atoms with Gasteiger partial charge in [-0.3, -0.25) is 9.59 Å². The maximum absolute atomic E-state index is 12.6. The molecule has 0 aliphatic rings. The molecule has 51 heavy (non-hydrogen) atoms. The van der Waals surface area contributed by atoms with Gasteiger partial charge in [0.25, 0.3) is 0 Å². The van der Waals surface area contributed by atoms with Gasteiger partial charge in [0, 0.05) is 13.2 Å². The van der Waals surface area contributed by atoms with Gasteiger partial charge in [0.05, 0.1) is 25.0 Å². The highest BCUT2D eigenvalue weighted by Crippen LogP contribution is 2.21. The fourth-order valence-corrected chi connectivity index (χ4v) is 7.15. The van der Waals surface area contributed by atoms with Gasteiger partial charge in [0.1, 0.15) is 0 Å². The number of carbonyl (C=O) groups excluding carboxylic acids is 2. The Morgan fingerprint density at radius 3 is 1.10 bits per heavy atom. The third-order valence-electron chi connectivity index (χ3n) is 10.6. The fraction of sp³-hybridized carbons (Fsp3) is 0.956. The van der Waals surface area contributed by atoms with Crippen LogP contribution in [0, 0.1) is 11.8 Å². The van der Waals surface area contributed by atoms with Crippen LogP contribution in [0.3, 0.4) is 0 Å². The summed E-state index contributed by atoms with van der Waals surface area (Å²) >= 11 is 0. The summed E-state index contributed by atoms with van der Waals surface area (Å²) in [6, 6.07) is 0. The van der Waals surface area contributed by atoms with E-state index in [0.29, 0.717) is 13.2 Å². The summed E-state index contributed by atoms with van der Waals surface area (Å²) < 4.78 is 11.4. The summed E-state index contributed by atoms with van der Waals surface area (Å²) in [7, 11) is 0. The predicted molar refractivity (Wildman–Crippen MR) is 218 cm³/mol.